The van der Waals surface area contributed by atoms with Crippen molar-refractivity contribution >= 4 is 28.4 Å². The van der Waals surface area contributed by atoms with Gasteiger partial charge in [-0.05, 0) is 36.2 Å². The van der Waals surface area contributed by atoms with Crippen LogP contribution in [0.15, 0.2) is 48.7 Å². The second-order valence-corrected chi connectivity index (χ2v) is 9.67. The number of aromatic nitrogens is 1. The van der Waals surface area contributed by atoms with Crippen LogP contribution in [0.5, 0.6) is 0 Å². The zero-order chi connectivity index (χ0) is 28.0. The maximum Gasteiger partial charge on any atom is 0.417 e. The van der Waals surface area contributed by atoms with E-state index in [1.54, 1.807) is 45.0 Å². The second kappa shape index (κ2) is 9.52. The Morgan fingerprint density at radius 2 is 1.71 bits per heavy atom. The van der Waals surface area contributed by atoms with E-state index in [0.717, 1.165) is 16.5 Å². The molecule has 3 aromatic rings. The van der Waals surface area contributed by atoms with Gasteiger partial charge in [0.1, 0.15) is 0 Å². The number of esters is 1. The Morgan fingerprint density at radius 3 is 2.34 bits per heavy atom. The Bertz CT molecular complexity index is 1430. The summed E-state index contributed by atoms with van der Waals surface area (Å²) >= 11 is 0. The maximum absolute atomic E-state index is 13.8. The van der Waals surface area contributed by atoms with Gasteiger partial charge in [0.25, 0.3) is 5.91 Å². The summed E-state index contributed by atoms with van der Waals surface area (Å²) in [6, 6.07) is 7.87. The molecule has 5 nitrogen and oxygen atoms in total. The van der Waals surface area contributed by atoms with Gasteiger partial charge in [0.2, 0.25) is 0 Å². The van der Waals surface area contributed by atoms with Crippen LogP contribution in [-0.4, -0.2) is 34.9 Å². The summed E-state index contributed by atoms with van der Waals surface area (Å²) in [7, 11) is 0. The molecule has 1 N–H and O–H groups in total. The normalized spacial score (nSPS) is 15.6. The van der Waals surface area contributed by atoms with Crippen molar-refractivity contribution < 1.29 is 40.7 Å². The molecule has 1 amide bonds. The molecule has 0 aliphatic carbocycles. The Kier molecular flexibility index (Phi) is 6.83. The first-order valence-corrected chi connectivity index (χ1v) is 11.7. The van der Waals surface area contributed by atoms with Gasteiger partial charge in [0, 0.05) is 29.1 Å². The van der Waals surface area contributed by atoms with Crippen LogP contribution in [-0.2, 0) is 27.3 Å². The molecule has 1 aromatic heterocycles. The molecule has 0 unspecified atom stereocenters. The number of halogens is 6. The van der Waals surface area contributed by atoms with Crippen molar-refractivity contribution in [3.05, 3.63) is 76.6 Å². The van der Waals surface area contributed by atoms with Crippen molar-refractivity contribution in [1.29, 1.82) is 0 Å². The third kappa shape index (κ3) is 5.01. The Hall–Kier alpha value is -3.76. The summed E-state index contributed by atoms with van der Waals surface area (Å²) < 4.78 is 86.7. The SMILES string of the molecule is CCCOC(=O)C1=CN(C(=O)c2cc(C(F)(F)F)ccc2C(F)(F)F)CC(C)(C)c2c1[nH]c1ccccc21. The van der Waals surface area contributed by atoms with E-state index in [2.05, 4.69) is 4.98 Å². The Balaban J connectivity index is 1.93. The molecule has 1 aliphatic rings. The van der Waals surface area contributed by atoms with Crippen LogP contribution in [0.25, 0.3) is 16.5 Å². The standard InChI is InChI=1S/C27H24F6N2O3/c1-4-11-38-24(37)18-13-35(14-25(2,3)21-16-7-5-6-8-20(16)34-22(18)21)23(36)17-12-15(26(28,29)30)9-10-19(17)27(31,32)33/h5-10,12-13,34H,4,11,14H2,1-3H3. The number of aromatic amines is 1. The first-order valence-electron chi connectivity index (χ1n) is 11.7. The van der Waals surface area contributed by atoms with Gasteiger partial charge in [-0.2, -0.15) is 26.3 Å². The van der Waals surface area contributed by atoms with Gasteiger partial charge in [0.05, 0.1) is 34.6 Å². The summed E-state index contributed by atoms with van der Waals surface area (Å²) in [5.41, 5.74) is -3.49. The van der Waals surface area contributed by atoms with E-state index in [-0.39, 0.29) is 36.9 Å². The highest BCUT2D eigenvalue weighted by Crippen LogP contribution is 2.42. The fourth-order valence-corrected chi connectivity index (χ4v) is 4.67. The molecule has 0 bridgehead atoms. The van der Waals surface area contributed by atoms with E-state index in [1.165, 1.54) is 0 Å². The number of amides is 1. The summed E-state index contributed by atoms with van der Waals surface area (Å²) in [5, 5.41) is 0.728. The van der Waals surface area contributed by atoms with Gasteiger partial charge in [-0.25, -0.2) is 4.79 Å². The monoisotopic (exact) mass is 538 g/mol. The van der Waals surface area contributed by atoms with Crippen LogP contribution in [0.2, 0.25) is 0 Å². The molecule has 0 radical (unpaired) electrons. The average molecular weight is 538 g/mol. The van der Waals surface area contributed by atoms with Gasteiger partial charge in [-0.1, -0.05) is 39.0 Å². The molecule has 0 atom stereocenters. The minimum absolute atomic E-state index is 0.0505. The minimum atomic E-state index is -5.09. The average Bonchev–Trinajstić information content (AvgIpc) is 3.18. The largest absolute Gasteiger partial charge is 0.462 e. The summed E-state index contributed by atoms with van der Waals surface area (Å²) in [6.07, 6.45) is -8.52. The number of carbonyl (C=O) groups excluding carboxylic acids is 2. The lowest BCUT2D eigenvalue weighted by molar-refractivity contribution is -0.141. The number of nitrogens with zero attached hydrogens (tertiary/aromatic N) is 1. The number of H-pyrrole nitrogens is 1. The molecular weight excluding hydrogens is 514 g/mol. The van der Waals surface area contributed by atoms with Crippen LogP contribution in [0.4, 0.5) is 26.3 Å². The summed E-state index contributed by atoms with van der Waals surface area (Å²) in [6.45, 7) is 5.07. The molecule has 1 aliphatic heterocycles. The highest BCUT2D eigenvalue weighted by Gasteiger charge is 2.42. The Morgan fingerprint density at radius 1 is 1.03 bits per heavy atom. The number of benzene rings is 2. The minimum Gasteiger partial charge on any atom is -0.462 e. The first-order chi connectivity index (χ1) is 17.6. The van der Waals surface area contributed by atoms with Gasteiger partial charge in [-0.15, -0.1) is 0 Å². The Labute approximate surface area is 214 Å². The zero-order valence-corrected chi connectivity index (χ0v) is 20.7. The highest BCUT2D eigenvalue weighted by molar-refractivity contribution is 6.18. The number of nitrogens with one attached hydrogen (secondary N) is 1. The predicted octanol–water partition coefficient (Wildman–Crippen LogP) is 6.93. The lowest BCUT2D eigenvalue weighted by atomic mass is 9.81. The lowest BCUT2D eigenvalue weighted by Gasteiger charge is -2.30. The van der Waals surface area contributed by atoms with Crippen molar-refractivity contribution in [2.45, 2.75) is 45.0 Å². The molecule has 4 rings (SSSR count). The third-order valence-corrected chi connectivity index (χ3v) is 6.30. The van der Waals surface area contributed by atoms with Crippen LogP contribution in [0.1, 0.15) is 59.9 Å². The number of carbonyl (C=O) groups is 2. The van der Waals surface area contributed by atoms with E-state index >= 15 is 0 Å². The molecule has 0 fully saturated rings. The predicted molar refractivity (Wildman–Crippen MR) is 128 cm³/mol. The summed E-state index contributed by atoms with van der Waals surface area (Å²) in [4.78, 5) is 30.7. The number of hydrogen-bond donors (Lipinski definition) is 1. The number of ether oxygens (including phenoxy) is 1. The smallest absolute Gasteiger partial charge is 0.417 e. The van der Waals surface area contributed by atoms with E-state index in [0.29, 0.717) is 23.2 Å². The van der Waals surface area contributed by atoms with E-state index in [9.17, 15) is 35.9 Å². The van der Waals surface area contributed by atoms with Gasteiger partial charge >= 0.3 is 18.3 Å². The van der Waals surface area contributed by atoms with Crippen molar-refractivity contribution in [3.63, 3.8) is 0 Å². The molecule has 0 saturated heterocycles. The van der Waals surface area contributed by atoms with Crippen molar-refractivity contribution in [2.75, 3.05) is 13.2 Å². The van der Waals surface area contributed by atoms with Crippen LogP contribution >= 0.6 is 0 Å². The fraction of sp³-hybridized carbons (Fsp3) is 0.333. The number of rotatable bonds is 4. The van der Waals surface area contributed by atoms with E-state index in [1.807, 2.05) is 0 Å². The molecule has 2 aromatic carbocycles. The van der Waals surface area contributed by atoms with Gasteiger partial charge < -0.3 is 14.6 Å². The first kappa shape index (κ1) is 27.3. The molecule has 0 spiro atoms. The molecular formula is C27H24F6N2O3. The topological polar surface area (TPSA) is 62.4 Å². The van der Waals surface area contributed by atoms with Crippen molar-refractivity contribution in [1.82, 2.24) is 9.88 Å². The lowest BCUT2D eigenvalue weighted by Crippen LogP contribution is -2.37. The number of hydrogen-bond acceptors (Lipinski definition) is 3. The number of fused-ring (bicyclic) bond motifs is 3. The molecule has 2 heterocycles. The van der Waals surface area contributed by atoms with Crippen molar-refractivity contribution in [3.8, 4) is 0 Å². The van der Waals surface area contributed by atoms with E-state index < -0.39 is 46.3 Å². The maximum atomic E-state index is 13.8. The fourth-order valence-electron chi connectivity index (χ4n) is 4.67. The van der Waals surface area contributed by atoms with Crippen LogP contribution < -0.4 is 0 Å². The summed E-state index contributed by atoms with van der Waals surface area (Å²) in [5.74, 6) is -2.15. The molecule has 202 valence electrons. The quantitative estimate of drug-likeness (QED) is 0.289. The van der Waals surface area contributed by atoms with Crippen molar-refractivity contribution in [2.24, 2.45) is 0 Å². The van der Waals surface area contributed by atoms with Gasteiger partial charge in [-0.3, -0.25) is 4.79 Å². The molecule has 11 heteroatoms. The second-order valence-electron chi connectivity index (χ2n) is 9.67. The third-order valence-electron chi connectivity index (χ3n) is 6.30. The van der Waals surface area contributed by atoms with Gasteiger partial charge in [0.15, 0.2) is 0 Å². The number of alkyl halides is 6. The molecule has 0 saturated carbocycles. The zero-order valence-electron chi connectivity index (χ0n) is 20.7. The van der Waals surface area contributed by atoms with E-state index in [4.69, 9.17) is 4.74 Å². The number of para-hydroxylation sites is 1. The highest BCUT2D eigenvalue weighted by atomic mass is 19.4. The molecule has 38 heavy (non-hydrogen) atoms. The van der Waals surface area contributed by atoms with Crippen LogP contribution in [0, 0.1) is 0 Å². The van der Waals surface area contributed by atoms with Crippen LogP contribution in [0.3, 0.4) is 0 Å².